The summed E-state index contributed by atoms with van der Waals surface area (Å²) in [6.07, 6.45) is 6.90. The van der Waals surface area contributed by atoms with Crippen molar-refractivity contribution in [3.63, 3.8) is 0 Å². The summed E-state index contributed by atoms with van der Waals surface area (Å²) in [5.74, 6) is 0.896. The third kappa shape index (κ3) is 4.72. The summed E-state index contributed by atoms with van der Waals surface area (Å²) in [6.45, 7) is 0. The quantitative estimate of drug-likeness (QED) is 0.184. The van der Waals surface area contributed by atoms with Gasteiger partial charge in [0.1, 0.15) is 0 Å². The number of fused-ring (bicyclic) bond motifs is 6. The van der Waals surface area contributed by atoms with Crippen LogP contribution in [0, 0.1) is 0 Å². The first-order valence-electron chi connectivity index (χ1n) is 17.1. The lowest BCUT2D eigenvalue weighted by Gasteiger charge is -2.31. The SMILES string of the molecule is C1=CC2C(C(c3cccc(-c4nc(-c5ccccc5)c5sc6ccccc6c5n4)c3)=C1)c1cc(-c3ccccc3)ccc1N2c1ccccc1. The second kappa shape index (κ2) is 11.8. The number of rotatable bonds is 5. The predicted molar refractivity (Wildman–Crippen MR) is 210 cm³/mol. The van der Waals surface area contributed by atoms with Crippen molar-refractivity contribution >= 4 is 48.6 Å². The molecule has 236 valence electrons. The van der Waals surface area contributed by atoms with Gasteiger partial charge >= 0.3 is 0 Å². The normalized spacial score (nSPS) is 16.4. The number of anilines is 2. The lowest BCUT2D eigenvalue weighted by molar-refractivity contribution is 0.759. The van der Waals surface area contributed by atoms with Crippen LogP contribution in [-0.2, 0) is 0 Å². The number of nitrogens with zero attached hydrogens (tertiary/aromatic N) is 3. The Labute approximate surface area is 295 Å². The molecule has 2 atom stereocenters. The van der Waals surface area contributed by atoms with Gasteiger partial charge in [0.25, 0.3) is 0 Å². The highest BCUT2D eigenvalue weighted by molar-refractivity contribution is 7.26. The molecule has 0 bridgehead atoms. The van der Waals surface area contributed by atoms with Crippen LogP contribution in [0.15, 0.2) is 176 Å². The molecule has 1 aliphatic carbocycles. The summed E-state index contributed by atoms with van der Waals surface area (Å²) >= 11 is 1.77. The Morgan fingerprint density at radius 1 is 0.560 bits per heavy atom. The van der Waals surface area contributed by atoms with Crippen LogP contribution in [0.25, 0.3) is 59.6 Å². The van der Waals surface area contributed by atoms with Crippen molar-refractivity contribution in [2.24, 2.45) is 0 Å². The van der Waals surface area contributed by atoms with E-state index in [4.69, 9.17) is 9.97 Å². The van der Waals surface area contributed by atoms with E-state index in [-0.39, 0.29) is 12.0 Å². The Kier molecular flexibility index (Phi) is 6.81. The fraction of sp³-hybridized carbons (Fsp3) is 0.0435. The van der Waals surface area contributed by atoms with Gasteiger partial charge in [0.2, 0.25) is 0 Å². The van der Waals surface area contributed by atoms with Gasteiger partial charge in [-0.05, 0) is 64.2 Å². The van der Waals surface area contributed by atoms with Crippen molar-refractivity contribution in [1.82, 2.24) is 9.97 Å². The Hall–Kier alpha value is -6.10. The van der Waals surface area contributed by atoms with Crippen LogP contribution < -0.4 is 4.90 Å². The van der Waals surface area contributed by atoms with E-state index >= 15 is 0 Å². The van der Waals surface area contributed by atoms with Gasteiger partial charge in [-0.2, -0.15) is 0 Å². The molecule has 2 unspecified atom stereocenters. The molecule has 0 saturated carbocycles. The van der Waals surface area contributed by atoms with Crippen molar-refractivity contribution in [3.05, 3.63) is 187 Å². The summed E-state index contributed by atoms with van der Waals surface area (Å²) in [5, 5.41) is 1.17. The van der Waals surface area contributed by atoms with Crippen molar-refractivity contribution in [3.8, 4) is 33.8 Å². The average Bonchev–Trinajstić information content (AvgIpc) is 3.74. The molecule has 1 aliphatic heterocycles. The molecule has 50 heavy (non-hydrogen) atoms. The zero-order valence-corrected chi connectivity index (χ0v) is 28.0. The van der Waals surface area contributed by atoms with Crippen LogP contribution in [0.1, 0.15) is 17.0 Å². The van der Waals surface area contributed by atoms with Crippen molar-refractivity contribution in [2.45, 2.75) is 12.0 Å². The minimum Gasteiger partial charge on any atom is -0.333 e. The predicted octanol–water partition coefficient (Wildman–Crippen LogP) is 12.1. The van der Waals surface area contributed by atoms with Gasteiger partial charge in [-0.25, -0.2) is 9.97 Å². The lowest BCUT2D eigenvalue weighted by atomic mass is 9.80. The minimum atomic E-state index is 0.150. The number of para-hydroxylation sites is 1. The zero-order chi connectivity index (χ0) is 33.0. The van der Waals surface area contributed by atoms with Crippen molar-refractivity contribution in [2.75, 3.05) is 4.90 Å². The first kappa shape index (κ1) is 28.9. The number of hydrogen-bond donors (Lipinski definition) is 0. The first-order valence-corrected chi connectivity index (χ1v) is 17.9. The maximum atomic E-state index is 5.28. The Morgan fingerprint density at radius 2 is 1.26 bits per heavy atom. The largest absolute Gasteiger partial charge is 0.333 e. The molecule has 10 rings (SSSR count). The van der Waals surface area contributed by atoms with Crippen LogP contribution in [0.4, 0.5) is 11.4 Å². The van der Waals surface area contributed by atoms with Gasteiger partial charge in [-0.3, -0.25) is 0 Å². The first-order chi connectivity index (χ1) is 24.8. The molecule has 0 saturated heterocycles. The standard InChI is InChI=1S/C46H31N3S/c1-4-14-30(15-5-1)32-26-27-39-38(29-32)42-36(23-13-24-40(42)49(39)35-20-8-3-9-21-35)33-18-12-19-34(28-33)46-47-43(31-16-6-2-7-17-31)45-44(48-46)37-22-10-11-25-41(37)50-45/h1-29,40,42H. The van der Waals surface area contributed by atoms with Crippen LogP contribution in [0.2, 0.25) is 0 Å². The highest BCUT2D eigenvalue weighted by Crippen LogP contribution is 2.53. The maximum absolute atomic E-state index is 5.28. The van der Waals surface area contributed by atoms with E-state index in [2.05, 4.69) is 181 Å². The topological polar surface area (TPSA) is 29.0 Å². The van der Waals surface area contributed by atoms with Gasteiger partial charge < -0.3 is 4.90 Å². The fourth-order valence-electron chi connectivity index (χ4n) is 7.78. The van der Waals surface area contributed by atoms with Gasteiger partial charge in [0.15, 0.2) is 5.82 Å². The molecular weight excluding hydrogens is 627 g/mol. The Balaban J connectivity index is 1.12. The fourth-order valence-corrected chi connectivity index (χ4v) is 8.93. The zero-order valence-electron chi connectivity index (χ0n) is 27.1. The van der Waals surface area contributed by atoms with Crippen LogP contribution in [0.5, 0.6) is 0 Å². The van der Waals surface area contributed by atoms with Crippen molar-refractivity contribution in [1.29, 1.82) is 0 Å². The molecule has 3 nitrogen and oxygen atoms in total. The highest BCUT2D eigenvalue weighted by Gasteiger charge is 2.41. The van der Waals surface area contributed by atoms with Gasteiger partial charge in [-0.1, -0.05) is 140 Å². The minimum absolute atomic E-state index is 0.150. The number of allylic oxidation sites excluding steroid dienone is 2. The third-order valence-corrected chi connectivity index (χ3v) is 11.2. The maximum Gasteiger partial charge on any atom is 0.160 e. The summed E-state index contributed by atoms with van der Waals surface area (Å²) in [4.78, 5) is 13.0. The molecule has 2 aromatic heterocycles. The van der Waals surface area contributed by atoms with Crippen molar-refractivity contribution < 1.29 is 0 Å². The molecule has 2 aliphatic rings. The third-order valence-electron chi connectivity index (χ3n) is 10.0. The monoisotopic (exact) mass is 657 g/mol. The molecule has 8 aromatic rings. The molecule has 0 fully saturated rings. The van der Waals surface area contributed by atoms with Crippen LogP contribution in [0.3, 0.4) is 0 Å². The average molecular weight is 658 g/mol. The summed E-state index contributed by atoms with van der Waals surface area (Å²) in [5.41, 5.74) is 12.9. The number of benzene rings is 6. The van der Waals surface area contributed by atoms with E-state index in [1.807, 2.05) is 0 Å². The molecule has 3 heterocycles. The number of aromatic nitrogens is 2. The van der Waals surface area contributed by atoms with E-state index in [1.54, 1.807) is 11.3 Å². The van der Waals surface area contributed by atoms with Gasteiger partial charge in [0, 0.05) is 38.5 Å². The van der Waals surface area contributed by atoms with E-state index in [0.717, 1.165) is 32.9 Å². The molecule has 0 N–H and O–H groups in total. The van der Waals surface area contributed by atoms with E-state index < -0.39 is 0 Å². The number of thiophene rings is 1. The molecule has 0 radical (unpaired) electrons. The Bertz CT molecular complexity index is 2600. The molecule has 0 spiro atoms. The summed E-state index contributed by atoms with van der Waals surface area (Å²) in [6, 6.07) is 56.5. The summed E-state index contributed by atoms with van der Waals surface area (Å²) < 4.78 is 2.35. The molecule has 6 aromatic carbocycles. The Morgan fingerprint density at radius 3 is 2.08 bits per heavy atom. The lowest BCUT2D eigenvalue weighted by Crippen LogP contribution is -2.29. The molecule has 0 amide bonds. The van der Waals surface area contributed by atoms with Gasteiger partial charge in [0.05, 0.1) is 22.0 Å². The highest BCUT2D eigenvalue weighted by atomic mass is 32.1. The van der Waals surface area contributed by atoms with Gasteiger partial charge in [-0.15, -0.1) is 11.3 Å². The van der Waals surface area contributed by atoms with Crippen LogP contribution in [-0.4, -0.2) is 16.0 Å². The number of hydrogen-bond acceptors (Lipinski definition) is 4. The molecule has 4 heteroatoms. The smallest absolute Gasteiger partial charge is 0.160 e. The van der Waals surface area contributed by atoms with E-state index in [9.17, 15) is 0 Å². The van der Waals surface area contributed by atoms with E-state index in [0.29, 0.717) is 0 Å². The second-order valence-electron chi connectivity index (χ2n) is 12.9. The summed E-state index contributed by atoms with van der Waals surface area (Å²) in [7, 11) is 0. The van der Waals surface area contributed by atoms with E-state index in [1.165, 1.54) is 49.3 Å². The van der Waals surface area contributed by atoms with Crippen LogP contribution >= 0.6 is 11.3 Å². The second-order valence-corrected chi connectivity index (χ2v) is 14.0. The molecular formula is C46H31N3S.